The maximum atomic E-state index is 2.48. The van der Waals surface area contributed by atoms with Crippen LogP contribution in [0.15, 0.2) is 72.5 Å². The van der Waals surface area contributed by atoms with Crippen LogP contribution in [0.5, 0.6) is 0 Å². The lowest BCUT2D eigenvalue weighted by Crippen LogP contribution is -2.27. The maximum absolute atomic E-state index is 2.48. The van der Waals surface area contributed by atoms with Gasteiger partial charge in [-0.05, 0) is 128 Å². The van der Waals surface area contributed by atoms with Gasteiger partial charge < -0.3 is 4.90 Å². The van der Waals surface area contributed by atoms with Crippen LogP contribution in [0, 0.1) is 14.3 Å². The predicted molar refractivity (Wildman–Crippen MR) is 185 cm³/mol. The molecule has 0 spiro atoms. The first-order valence-corrected chi connectivity index (χ1v) is 15.7. The molecule has 0 saturated heterocycles. The summed E-state index contributed by atoms with van der Waals surface area (Å²) in [7, 11) is 4.35. The van der Waals surface area contributed by atoms with E-state index in [1.54, 1.807) is 0 Å². The number of likely N-dealkylation sites (N-methyl/N-ethyl adjacent to an activating group) is 1. The Labute approximate surface area is 264 Å². The normalized spacial score (nSPS) is 19.7. The molecule has 0 bridgehead atoms. The molecule has 2 aliphatic rings. The second-order valence-corrected chi connectivity index (χ2v) is 14.8. The van der Waals surface area contributed by atoms with Crippen molar-refractivity contribution in [3.63, 3.8) is 0 Å². The lowest BCUT2D eigenvalue weighted by molar-refractivity contribution is -0.401. The van der Waals surface area contributed by atoms with Crippen LogP contribution in [0.25, 0.3) is 0 Å². The Hall–Kier alpha value is -0.210. The lowest BCUT2D eigenvalue weighted by Gasteiger charge is -2.24. The molecule has 2 heterocycles. The third kappa shape index (κ3) is 5.10. The van der Waals surface area contributed by atoms with Crippen molar-refractivity contribution in [3.8, 4) is 0 Å². The fourth-order valence-electron chi connectivity index (χ4n) is 5.37. The zero-order valence-corrected chi connectivity index (χ0v) is 29.4. The minimum atomic E-state index is -0.0154. The highest BCUT2D eigenvalue weighted by atomic mass is 127. The van der Waals surface area contributed by atoms with Gasteiger partial charge in [-0.3, -0.25) is 0 Å². The lowest BCUT2D eigenvalue weighted by atomic mass is 9.81. The Kier molecular flexibility index (Phi) is 8.35. The first kappa shape index (κ1) is 27.8. The van der Waals surface area contributed by atoms with Crippen molar-refractivity contribution < 1.29 is 4.58 Å². The molecule has 0 N–H and O–H groups in total. The van der Waals surface area contributed by atoms with Crippen LogP contribution < -0.4 is 4.90 Å². The molecule has 6 heteroatoms. The van der Waals surface area contributed by atoms with Crippen molar-refractivity contribution in [1.29, 1.82) is 0 Å². The van der Waals surface area contributed by atoms with Crippen LogP contribution in [-0.4, -0.2) is 24.4 Å². The van der Waals surface area contributed by atoms with Gasteiger partial charge in [0.05, 0.1) is 11.0 Å². The molecule has 0 fully saturated rings. The van der Waals surface area contributed by atoms with Crippen molar-refractivity contribution in [2.24, 2.45) is 0 Å². The van der Waals surface area contributed by atoms with Gasteiger partial charge in [0.25, 0.3) is 0 Å². The van der Waals surface area contributed by atoms with Gasteiger partial charge in [0.2, 0.25) is 5.69 Å². The number of hydrogen-bond acceptors (Lipinski definition) is 1. The largest absolute Gasteiger partial charge is 0.347 e. The Morgan fingerprint density at radius 2 is 1.31 bits per heavy atom. The highest BCUT2D eigenvalue weighted by molar-refractivity contribution is 14.1. The van der Waals surface area contributed by atoms with E-state index in [4.69, 9.17) is 0 Å². The average Bonchev–Trinajstić information content (AvgIpc) is 3.05. The topological polar surface area (TPSA) is 6.25 Å². The summed E-state index contributed by atoms with van der Waals surface area (Å²) in [6, 6.07) is 9.11. The van der Waals surface area contributed by atoms with Gasteiger partial charge in [0.1, 0.15) is 7.05 Å². The smallest absolute Gasteiger partial charge is 0.211 e. The molecular formula is C29H29I4N2+. The maximum Gasteiger partial charge on any atom is 0.211 e. The van der Waals surface area contributed by atoms with Crippen LogP contribution in [-0.2, 0) is 10.8 Å². The minimum Gasteiger partial charge on any atom is -0.347 e. The van der Waals surface area contributed by atoms with Gasteiger partial charge >= 0.3 is 0 Å². The van der Waals surface area contributed by atoms with E-state index in [2.05, 4.69) is 208 Å². The number of anilines is 1. The zero-order chi connectivity index (χ0) is 25.7. The molecule has 0 aliphatic carbocycles. The van der Waals surface area contributed by atoms with Crippen LogP contribution >= 0.6 is 90.4 Å². The molecule has 2 aromatic rings. The first-order chi connectivity index (χ1) is 16.4. The molecule has 2 nitrogen and oxygen atoms in total. The molecule has 182 valence electrons. The first-order valence-electron chi connectivity index (χ1n) is 11.4. The minimum absolute atomic E-state index is 0.0154. The molecule has 0 amide bonds. The number of nitrogens with zero attached hydrogens (tertiary/aromatic N) is 2. The molecule has 0 atom stereocenters. The Morgan fingerprint density at radius 3 is 2.00 bits per heavy atom. The summed E-state index contributed by atoms with van der Waals surface area (Å²) in [5.74, 6) is 0. The monoisotopic (exact) mass is 913 g/mol. The fourth-order valence-corrected chi connectivity index (χ4v) is 10.3. The SMILES string of the molecule is CN1\C(=C/C=C/C=C/C=C/C2=[N+](C)c3cc(I)cc(I)c3C2(C)C)C(C)(C)c2c(I)cc(I)cc21. The van der Waals surface area contributed by atoms with Crippen molar-refractivity contribution >= 4 is 107 Å². The van der Waals surface area contributed by atoms with Crippen LogP contribution in [0.2, 0.25) is 0 Å². The van der Waals surface area contributed by atoms with Gasteiger partial charge in [0, 0.05) is 55.8 Å². The Morgan fingerprint density at radius 1 is 0.743 bits per heavy atom. The van der Waals surface area contributed by atoms with E-state index in [9.17, 15) is 0 Å². The number of allylic oxidation sites excluding steroid dienone is 8. The van der Waals surface area contributed by atoms with E-state index >= 15 is 0 Å². The third-order valence-electron chi connectivity index (χ3n) is 7.00. The third-order valence-corrected chi connectivity index (χ3v) is 9.94. The van der Waals surface area contributed by atoms with E-state index in [1.807, 2.05) is 0 Å². The average molecular weight is 913 g/mol. The summed E-state index contributed by atoms with van der Waals surface area (Å²) in [5.41, 5.74) is 8.08. The van der Waals surface area contributed by atoms with Crippen LogP contribution in [0.3, 0.4) is 0 Å². The van der Waals surface area contributed by atoms with Gasteiger partial charge in [0.15, 0.2) is 5.71 Å². The van der Waals surface area contributed by atoms with Crippen molar-refractivity contribution in [1.82, 2.24) is 0 Å². The molecule has 0 aromatic heterocycles. The molecule has 2 aromatic carbocycles. The molecule has 0 unspecified atom stereocenters. The predicted octanol–water partition coefficient (Wildman–Crippen LogP) is 9.09. The molecular weight excluding hydrogens is 884 g/mol. The summed E-state index contributed by atoms with van der Waals surface area (Å²) in [5, 5.41) is 0. The van der Waals surface area contributed by atoms with Crippen molar-refractivity contribution in [3.05, 3.63) is 97.9 Å². The van der Waals surface area contributed by atoms with Crippen molar-refractivity contribution in [2.45, 2.75) is 38.5 Å². The van der Waals surface area contributed by atoms with E-state index < -0.39 is 0 Å². The number of halogens is 4. The summed E-state index contributed by atoms with van der Waals surface area (Å²) in [4.78, 5) is 2.34. The summed E-state index contributed by atoms with van der Waals surface area (Å²) in [6.07, 6.45) is 15.2. The number of benzene rings is 2. The van der Waals surface area contributed by atoms with E-state index in [1.165, 1.54) is 48.2 Å². The second kappa shape index (κ2) is 10.5. The van der Waals surface area contributed by atoms with E-state index in [0.29, 0.717) is 0 Å². The fraction of sp³-hybridized carbons (Fsp3) is 0.276. The van der Waals surface area contributed by atoms with Crippen LogP contribution in [0.1, 0.15) is 38.8 Å². The zero-order valence-electron chi connectivity index (χ0n) is 20.8. The molecule has 2 aliphatic heterocycles. The quantitative estimate of drug-likeness (QED) is 0.169. The number of rotatable bonds is 4. The van der Waals surface area contributed by atoms with E-state index in [0.717, 1.165) is 0 Å². The summed E-state index contributed by atoms with van der Waals surface area (Å²) < 4.78 is 7.57. The van der Waals surface area contributed by atoms with E-state index in [-0.39, 0.29) is 10.8 Å². The van der Waals surface area contributed by atoms with Crippen LogP contribution in [0.4, 0.5) is 11.4 Å². The summed E-state index contributed by atoms with van der Waals surface area (Å²) in [6.45, 7) is 9.28. The van der Waals surface area contributed by atoms with Gasteiger partial charge in [-0.15, -0.1) is 0 Å². The summed E-state index contributed by atoms with van der Waals surface area (Å²) >= 11 is 9.78. The molecule has 0 saturated carbocycles. The van der Waals surface area contributed by atoms with Crippen molar-refractivity contribution in [2.75, 3.05) is 19.0 Å². The molecule has 35 heavy (non-hydrogen) atoms. The van der Waals surface area contributed by atoms with Gasteiger partial charge in [-0.2, -0.15) is 4.58 Å². The second-order valence-electron chi connectivity index (χ2n) is 10.00. The highest BCUT2D eigenvalue weighted by Gasteiger charge is 2.44. The van der Waals surface area contributed by atoms with Gasteiger partial charge in [-0.25, -0.2) is 0 Å². The molecule has 0 radical (unpaired) electrons. The highest BCUT2D eigenvalue weighted by Crippen LogP contribution is 2.49. The standard InChI is InChI=1S/C29H29I4N2/c1-28(2)24(34(5)22-16-18(30)14-20(32)26(22)28)12-10-8-7-9-11-13-25-29(3,4)27-21(33)15-19(31)17-23(27)35(25)6/h7-17H,1-6H3/q+1. The Balaban J connectivity index is 1.51. The van der Waals surface area contributed by atoms with Gasteiger partial charge in [-0.1, -0.05) is 44.2 Å². The molecule has 4 rings (SSSR count). The Bertz CT molecular complexity index is 1360. The number of hydrogen-bond donors (Lipinski definition) is 0. The number of fused-ring (bicyclic) bond motifs is 2.